The minimum Gasteiger partial charge on any atom is -0.406 e. The molecule has 0 spiro atoms. The van der Waals surface area contributed by atoms with Gasteiger partial charge < -0.3 is 14.5 Å². The van der Waals surface area contributed by atoms with Crippen LogP contribution in [0.3, 0.4) is 0 Å². The molecule has 1 fully saturated rings. The van der Waals surface area contributed by atoms with Crippen molar-refractivity contribution in [3.63, 3.8) is 0 Å². The zero-order chi connectivity index (χ0) is 21.9. The second-order valence-electron chi connectivity index (χ2n) is 6.60. The molecule has 0 bridgehead atoms. The van der Waals surface area contributed by atoms with Gasteiger partial charge in [0.15, 0.2) is 0 Å². The lowest BCUT2D eigenvalue weighted by molar-refractivity contribution is -0.274. The van der Waals surface area contributed by atoms with Crippen LogP contribution >= 0.6 is 0 Å². The number of imide groups is 1. The first kappa shape index (κ1) is 21.4. The average Bonchev–Trinajstić information content (AvgIpc) is 2.96. The van der Waals surface area contributed by atoms with Crippen LogP contribution < -0.4 is 14.5 Å². The molecule has 0 unspecified atom stereocenters. The molecule has 3 rings (SSSR count). The molecule has 7 nitrogen and oxygen atoms in total. The van der Waals surface area contributed by atoms with Gasteiger partial charge in [0.05, 0.1) is 5.69 Å². The molecule has 1 aromatic heterocycles. The van der Waals surface area contributed by atoms with E-state index in [1.165, 1.54) is 17.0 Å². The third kappa shape index (κ3) is 4.81. The SMILES string of the molecule is CCN(CC)c1cc(CN2CC(=O)N(c3ccc(OC(F)(F)F)cc3)C2=O)ccn1. The van der Waals surface area contributed by atoms with E-state index in [1.54, 1.807) is 12.3 Å². The van der Waals surface area contributed by atoms with E-state index in [-0.39, 0.29) is 18.8 Å². The topological polar surface area (TPSA) is 66.0 Å². The molecule has 30 heavy (non-hydrogen) atoms. The lowest BCUT2D eigenvalue weighted by atomic mass is 10.2. The van der Waals surface area contributed by atoms with Crippen molar-refractivity contribution in [2.24, 2.45) is 0 Å². The number of ether oxygens (including phenoxy) is 1. The quantitative estimate of drug-likeness (QED) is 0.635. The molecule has 1 aliphatic rings. The maximum Gasteiger partial charge on any atom is 0.573 e. The first-order valence-electron chi connectivity index (χ1n) is 9.39. The molecular formula is C20H21F3N4O3. The number of hydrogen-bond donors (Lipinski definition) is 0. The Kier molecular flexibility index (Phi) is 6.14. The van der Waals surface area contributed by atoms with Crippen LogP contribution in [-0.2, 0) is 11.3 Å². The third-order valence-electron chi connectivity index (χ3n) is 4.64. The molecule has 2 aromatic rings. The number of halogens is 3. The molecule has 1 saturated heterocycles. The van der Waals surface area contributed by atoms with Gasteiger partial charge in [-0.05, 0) is 55.8 Å². The maximum absolute atomic E-state index is 12.8. The van der Waals surface area contributed by atoms with Crippen LogP contribution in [-0.4, -0.2) is 47.8 Å². The summed E-state index contributed by atoms with van der Waals surface area (Å²) in [5, 5.41) is 0. The fraction of sp³-hybridized carbons (Fsp3) is 0.350. The van der Waals surface area contributed by atoms with Gasteiger partial charge in [0, 0.05) is 25.8 Å². The monoisotopic (exact) mass is 422 g/mol. The summed E-state index contributed by atoms with van der Waals surface area (Å²) >= 11 is 0. The number of hydrogen-bond acceptors (Lipinski definition) is 5. The Bertz CT molecular complexity index is 914. The van der Waals surface area contributed by atoms with E-state index in [0.717, 1.165) is 41.5 Å². The highest BCUT2D eigenvalue weighted by molar-refractivity contribution is 6.19. The van der Waals surface area contributed by atoms with Crippen molar-refractivity contribution in [3.05, 3.63) is 48.2 Å². The number of rotatable bonds is 7. The zero-order valence-electron chi connectivity index (χ0n) is 16.5. The molecule has 0 atom stereocenters. The lowest BCUT2D eigenvalue weighted by Gasteiger charge is -2.21. The predicted molar refractivity (Wildman–Crippen MR) is 104 cm³/mol. The minimum atomic E-state index is -4.81. The Hall–Kier alpha value is -3.30. The maximum atomic E-state index is 12.8. The number of anilines is 2. The van der Waals surface area contributed by atoms with Gasteiger partial charge in [0.25, 0.3) is 5.91 Å². The van der Waals surface area contributed by atoms with Gasteiger partial charge in [-0.3, -0.25) is 4.79 Å². The van der Waals surface area contributed by atoms with E-state index in [4.69, 9.17) is 0 Å². The highest BCUT2D eigenvalue weighted by atomic mass is 19.4. The van der Waals surface area contributed by atoms with Gasteiger partial charge in [0.2, 0.25) is 0 Å². The summed E-state index contributed by atoms with van der Waals surface area (Å²) in [4.78, 5) is 33.9. The van der Waals surface area contributed by atoms with E-state index in [1.807, 2.05) is 19.9 Å². The van der Waals surface area contributed by atoms with E-state index in [2.05, 4.69) is 14.6 Å². The largest absolute Gasteiger partial charge is 0.573 e. The van der Waals surface area contributed by atoms with Crippen molar-refractivity contribution in [1.29, 1.82) is 0 Å². The number of alkyl halides is 3. The summed E-state index contributed by atoms with van der Waals surface area (Å²) in [5.41, 5.74) is 1.00. The number of benzene rings is 1. The number of pyridine rings is 1. The van der Waals surface area contributed by atoms with Crippen molar-refractivity contribution in [2.45, 2.75) is 26.8 Å². The van der Waals surface area contributed by atoms with Crippen LogP contribution in [0.25, 0.3) is 0 Å². The van der Waals surface area contributed by atoms with E-state index in [0.29, 0.717) is 0 Å². The molecule has 2 heterocycles. The van der Waals surface area contributed by atoms with Crippen LogP contribution in [0, 0.1) is 0 Å². The standard InChI is InChI=1S/C20H21F3N4O3/c1-3-25(4-2)17-11-14(9-10-24-17)12-26-13-18(28)27(19(26)29)15-5-7-16(8-6-15)30-20(21,22)23/h5-11H,3-4,12-13H2,1-2H3. The average molecular weight is 422 g/mol. The summed E-state index contributed by atoms with van der Waals surface area (Å²) in [6, 6.07) is 7.71. The number of amides is 3. The predicted octanol–water partition coefficient (Wildman–Crippen LogP) is 3.80. The van der Waals surface area contributed by atoms with Gasteiger partial charge in [-0.2, -0.15) is 0 Å². The van der Waals surface area contributed by atoms with Gasteiger partial charge >= 0.3 is 12.4 Å². The minimum absolute atomic E-state index is 0.122. The summed E-state index contributed by atoms with van der Waals surface area (Å²) in [7, 11) is 0. The molecule has 1 aromatic carbocycles. The second kappa shape index (κ2) is 8.60. The number of aromatic nitrogens is 1. The zero-order valence-corrected chi connectivity index (χ0v) is 16.5. The Balaban J connectivity index is 1.73. The highest BCUT2D eigenvalue weighted by Gasteiger charge is 2.37. The second-order valence-corrected chi connectivity index (χ2v) is 6.60. The Morgan fingerprint density at radius 1 is 1.10 bits per heavy atom. The van der Waals surface area contributed by atoms with Crippen LogP contribution in [0.1, 0.15) is 19.4 Å². The first-order chi connectivity index (χ1) is 14.2. The molecule has 0 aliphatic carbocycles. The molecule has 1 aliphatic heterocycles. The molecule has 0 N–H and O–H groups in total. The number of nitrogens with zero attached hydrogens (tertiary/aromatic N) is 4. The van der Waals surface area contributed by atoms with Gasteiger partial charge in [-0.1, -0.05) is 0 Å². The fourth-order valence-corrected chi connectivity index (χ4v) is 3.22. The van der Waals surface area contributed by atoms with Crippen molar-refractivity contribution in [3.8, 4) is 5.75 Å². The van der Waals surface area contributed by atoms with Crippen molar-refractivity contribution >= 4 is 23.4 Å². The highest BCUT2D eigenvalue weighted by Crippen LogP contribution is 2.28. The summed E-state index contributed by atoms with van der Waals surface area (Å²) in [5.74, 6) is -0.0991. The fourth-order valence-electron chi connectivity index (χ4n) is 3.22. The number of carbonyl (C=O) groups is 2. The van der Waals surface area contributed by atoms with Crippen LogP contribution in [0.2, 0.25) is 0 Å². The molecule has 10 heteroatoms. The summed E-state index contributed by atoms with van der Waals surface area (Å²) < 4.78 is 40.7. The van der Waals surface area contributed by atoms with E-state index < -0.39 is 24.1 Å². The van der Waals surface area contributed by atoms with Crippen molar-refractivity contribution in [1.82, 2.24) is 9.88 Å². The third-order valence-corrected chi connectivity index (χ3v) is 4.64. The van der Waals surface area contributed by atoms with Crippen LogP contribution in [0.4, 0.5) is 29.5 Å². The Morgan fingerprint density at radius 2 is 1.77 bits per heavy atom. The van der Waals surface area contributed by atoms with E-state index >= 15 is 0 Å². The molecule has 0 radical (unpaired) electrons. The van der Waals surface area contributed by atoms with Crippen LogP contribution in [0.15, 0.2) is 42.6 Å². The van der Waals surface area contributed by atoms with Gasteiger partial charge in [-0.25, -0.2) is 14.7 Å². The summed E-state index contributed by atoms with van der Waals surface area (Å²) in [6.45, 7) is 5.70. The van der Waals surface area contributed by atoms with E-state index in [9.17, 15) is 22.8 Å². The van der Waals surface area contributed by atoms with Crippen LogP contribution in [0.5, 0.6) is 5.75 Å². The summed E-state index contributed by atoms with van der Waals surface area (Å²) in [6.07, 6.45) is -3.16. The van der Waals surface area contributed by atoms with Crippen molar-refractivity contribution < 1.29 is 27.5 Å². The Morgan fingerprint density at radius 3 is 2.37 bits per heavy atom. The first-order valence-corrected chi connectivity index (χ1v) is 9.39. The van der Waals surface area contributed by atoms with Gasteiger partial charge in [-0.15, -0.1) is 13.2 Å². The molecular weight excluding hydrogens is 401 g/mol. The Labute approximate surface area is 171 Å². The van der Waals surface area contributed by atoms with Gasteiger partial charge in [0.1, 0.15) is 18.1 Å². The smallest absolute Gasteiger partial charge is 0.406 e. The lowest BCUT2D eigenvalue weighted by Crippen LogP contribution is -2.32. The number of urea groups is 1. The van der Waals surface area contributed by atoms with Crippen molar-refractivity contribution in [2.75, 3.05) is 29.4 Å². The molecule has 3 amide bonds. The normalized spacial score (nSPS) is 14.4. The molecule has 0 saturated carbocycles. The molecule has 160 valence electrons. The number of carbonyl (C=O) groups excluding carboxylic acids is 2.